The van der Waals surface area contributed by atoms with Gasteiger partial charge in [0.25, 0.3) is 5.91 Å². The molecular weight excluding hydrogens is 310 g/mol. The lowest BCUT2D eigenvalue weighted by atomic mass is 10.1. The molecule has 3 aliphatic rings. The number of aliphatic imine (C=N–C) groups is 1. The van der Waals surface area contributed by atoms with E-state index >= 15 is 0 Å². The monoisotopic (exact) mass is 336 g/mol. The minimum Gasteiger partial charge on any atom is -0.378 e. The van der Waals surface area contributed by atoms with Crippen LogP contribution in [0.2, 0.25) is 0 Å². The van der Waals surface area contributed by atoms with Crippen LogP contribution >= 0.6 is 0 Å². The van der Waals surface area contributed by atoms with Crippen molar-refractivity contribution in [2.45, 2.75) is 32.2 Å². The van der Waals surface area contributed by atoms with Crippen molar-refractivity contribution in [1.29, 1.82) is 0 Å². The Morgan fingerprint density at radius 3 is 2.54 bits per heavy atom. The zero-order chi connectivity index (χ0) is 17.3. The Morgan fingerprint density at radius 2 is 1.88 bits per heavy atom. The van der Waals surface area contributed by atoms with Gasteiger partial charge in [-0.2, -0.15) is 0 Å². The smallest absolute Gasteiger partial charge is 0.378 e. The fraction of sp³-hybridized carbons (Fsp3) is 0.750. The molecule has 0 spiro atoms. The van der Waals surface area contributed by atoms with Crippen LogP contribution < -0.4 is 0 Å². The quantitative estimate of drug-likeness (QED) is 0.543. The van der Waals surface area contributed by atoms with Crippen molar-refractivity contribution in [2.24, 2.45) is 4.99 Å². The van der Waals surface area contributed by atoms with E-state index in [-0.39, 0.29) is 11.9 Å². The van der Waals surface area contributed by atoms with Crippen molar-refractivity contribution in [3.05, 3.63) is 0 Å². The normalized spacial score (nSPS) is 24.7. The molecule has 3 rings (SSSR count). The number of likely N-dealkylation sites (N-methyl/N-ethyl adjacent to an activating group) is 2. The molecular formula is C16H26N5O3+. The van der Waals surface area contributed by atoms with Crippen molar-refractivity contribution in [3.63, 3.8) is 0 Å². The van der Waals surface area contributed by atoms with Gasteiger partial charge in [-0.15, -0.1) is 0 Å². The fourth-order valence-electron chi connectivity index (χ4n) is 3.47. The third-order valence-corrected chi connectivity index (χ3v) is 4.83. The van der Waals surface area contributed by atoms with Gasteiger partial charge < -0.3 is 4.74 Å². The van der Waals surface area contributed by atoms with Crippen LogP contribution in [0.3, 0.4) is 0 Å². The Balaban J connectivity index is 1.96. The van der Waals surface area contributed by atoms with E-state index < -0.39 is 6.04 Å². The first kappa shape index (κ1) is 16.9. The van der Waals surface area contributed by atoms with Gasteiger partial charge in [-0.3, -0.25) is 19.2 Å². The molecule has 0 aromatic rings. The summed E-state index contributed by atoms with van der Waals surface area (Å²) < 4.78 is 7.72. The van der Waals surface area contributed by atoms with Crippen molar-refractivity contribution < 1.29 is 18.9 Å². The van der Waals surface area contributed by atoms with E-state index in [1.807, 2.05) is 11.8 Å². The summed E-state index contributed by atoms with van der Waals surface area (Å²) in [5.41, 5.74) is 0. The molecule has 0 N–H and O–H groups in total. The molecule has 3 amide bonds. The first-order valence-electron chi connectivity index (χ1n) is 8.66. The summed E-state index contributed by atoms with van der Waals surface area (Å²) in [4.78, 5) is 34.3. The fourth-order valence-corrected chi connectivity index (χ4v) is 3.47. The molecule has 2 saturated heterocycles. The van der Waals surface area contributed by atoms with Gasteiger partial charge in [-0.05, 0) is 26.2 Å². The van der Waals surface area contributed by atoms with Gasteiger partial charge in [0.1, 0.15) is 0 Å². The number of amidine groups is 1. The second-order valence-corrected chi connectivity index (χ2v) is 6.35. The van der Waals surface area contributed by atoms with E-state index in [1.165, 1.54) is 23.3 Å². The van der Waals surface area contributed by atoms with E-state index in [0.29, 0.717) is 25.6 Å². The lowest BCUT2D eigenvalue weighted by Crippen LogP contribution is -2.63. The Morgan fingerprint density at radius 1 is 1.17 bits per heavy atom. The molecule has 3 aliphatic heterocycles. The van der Waals surface area contributed by atoms with Crippen molar-refractivity contribution in [1.82, 2.24) is 14.7 Å². The zero-order valence-corrected chi connectivity index (χ0v) is 14.7. The molecule has 1 atom stereocenters. The Hall–Kier alpha value is -1.96. The number of piperidine rings is 1. The summed E-state index contributed by atoms with van der Waals surface area (Å²) in [6.45, 7) is 5.57. The summed E-state index contributed by atoms with van der Waals surface area (Å²) in [5.74, 6) is 1.11. The maximum absolute atomic E-state index is 12.7. The molecule has 8 heteroatoms. The number of guanidine groups is 1. The Labute approximate surface area is 142 Å². The molecule has 1 unspecified atom stereocenters. The molecule has 0 saturated carbocycles. The van der Waals surface area contributed by atoms with Gasteiger partial charge in [0, 0.05) is 20.7 Å². The highest BCUT2D eigenvalue weighted by atomic mass is 16.5. The molecule has 2 fully saturated rings. The number of hydrogen-bond donors (Lipinski definition) is 0. The molecule has 0 aromatic heterocycles. The maximum Gasteiger partial charge on any atom is 0.392 e. The molecule has 24 heavy (non-hydrogen) atoms. The number of carbonyl (C=O) groups excluding carboxylic acids is 2. The minimum absolute atomic E-state index is 0.222. The highest BCUT2D eigenvalue weighted by Gasteiger charge is 2.55. The van der Waals surface area contributed by atoms with Gasteiger partial charge >= 0.3 is 12.0 Å². The summed E-state index contributed by atoms with van der Waals surface area (Å²) in [6, 6.07) is -0.866. The van der Waals surface area contributed by atoms with Crippen LogP contribution in [0.4, 0.5) is 4.79 Å². The van der Waals surface area contributed by atoms with Crippen molar-refractivity contribution >= 4 is 23.7 Å². The lowest BCUT2D eigenvalue weighted by molar-refractivity contribution is -0.542. The number of carbonyl (C=O) groups is 2. The van der Waals surface area contributed by atoms with Crippen LogP contribution in [-0.4, -0.2) is 96.0 Å². The lowest BCUT2D eigenvalue weighted by Gasteiger charge is -2.33. The number of rotatable bonds is 4. The van der Waals surface area contributed by atoms with Crippen molar-refractivity contribution in [2.75, 3.05) is 46.9 Å². The summed E-state index contributed by atoms with van der Waals surface area (Å²) in [7, 11) is 3.20. The number of nitrogens with zero attached hydrogens (tertiary/aromatic N) is 5. The van der Waals surface area contributed by atoms with Gasteiger partial charge in [-0.1, -0.05) is 4.99 Å². The predicted octanol–water partition coefficient (Wildman–Crippen LogP) is 0.182. The van der Waals surface area contributed by atoms with Gasteiger partial charge in [0.2, 0.25) is 11.9 Å². The first-order valence-corrected chi connectivity index (χ1v) is 8.66. The van der Waals surface area contributed by atoms with Gasteiger partial charge in [0.05, 0.1) is 26.2 Å². The van der Waals surface area contributed by atoms with Crippen LogP contribution in [-0.2, 0) is 9.53 Å². The molecule has 132 valence electrons. The van der Waals surface area contributed by atoms with Gasteiger partial charge in [0.15, 0.2) is 0 Å². The standard InChI is InChI=1S/C16H26N5O3/c1-4-24-11-10-21-12-13(18(2)16(23)19(3)14(12)22)17-15(21)20-8-6-5-7-9-20/h12H,4-11H2,1-3H3/q+1. The maximum atomic E-state index is 12.7. The highest BCUT2D eigenvalue weighted by molar-refractivity contribution is 6.25. The summed E-state index contributed by atoms with van der Waals surface area (Å²) in [5, 5.41) is 0. The predicted molar refractivity (Wildman–Crippen MR) is 89.2 cm³/mol. The van der Waals surface area contributed by atoms with E-state index in [9.17, 15) is 9.59 Å². The largest absolute Gasteiger partial charge is 0.392 e. The second-order valence-electron chi connectivity index (χ2n) is 6.35. The number of ether oxygens (including phenoxy) is 1. The summed E-state index contributed by atoms with van der Waals surface area (Å²) in [6.07, 6.45) is 3.48. The Kier molecular flexibility index (Phi) is 4.84. The van der Waals surface area contributed by atoms with Crippen LogP contribution in [0.5, 0.6) is 0 Å². The van der Waals surface area contributed by atoms with Crippen molar-refractivity contribution in [3.8, 4) is 0 Å². The number of urea groups is 1. The topological polar surface area (TPSA) is 68.5 Å². The number of imide groups is 1. The summed E-state index contributed by atoms with van der Waals surface area (Å²) >= 11 is 0. The molecule has 8 nitrogen and oxygen atoms in total. The molecule has 0 aromatic carbocycles. The van der Waals surface area contributed by atoms with E-state index in [4.69, 9.17) is 9.73 Å². The third-order valence-electron chi connectivity index (χ3n) is 4.83. The highest BCUT2D eigenvalue weighted by Crippen LogP contribution is 2.23. The van der Waals surface area contributed by atoms with Crippen LogP contribution in [0.25, 0.3) is 0 Å². The number of hydrogen-bond acceptors (Lipinski definition) is 3. The van der Waals surface area contributed by atoms with E-state index in [2.05, 4.69) is 4.58 Å². The van der Waals surface area contributed by atoms with Crippen LogP contribution in [0.15, 0.2) is 4.99 Å². The average molecular weight is 336 g/mol. The Bertz CT molecular complexity index is 593. The number of fused-ring (bicyclic) bond motifs is 1. The van der Waals surface area contributed by atoms with Gasteiger partial charge in [-0.25, -0.2) is 9.69 Å². The second kappa shape index (κ2) is 6.88. The SMILES string of the molecule is CCOCCN1C(=[N+]2CCCCC2)N=C2C1C(=O)N(C)C(=O)N2C. The number of amides is 3. The van der Waals surface area contributed by atoms with E-state index in [1.54, 1.807) is 7.05 Å². The first-order chi connectivity index (χ1) is 11.6. The van der Waals surface area contributed by atoms with Crippen LogP contribution in [0, 0.1) is 0 Å². The van der Waals surface area contributed by atoms with Crippen LogP contribution in [0.1, 0.15) is 26.2 Å². The zero-order valence-electron chi connectivity index (χ0n) is 14.7. The molecule has 0 bridgehead atoms. The molecule has 0 aliphatic carbocycles. The van der Waals surface area contributed by atoms with E-state index in [0.717, 1.165) is 31.9 Å². The third kappa shape index (κ3) is 2.79. The molecule has 3 heterocycles. The molecule has 0 radical (unpaired) electrons. The minimum atomic E-state index is -0.532. The average Bonchev–Trinajstić information content (AvgIpc) is 2.99.